The van der Waals surface area contributed by atoms with E-state index in [9.17, 15) is 4.79 Å². The van der Waals surface area contributed by atoms with Gasteiger partial charge >= 0.3 is 0 Å². The standard InChI is InChI=1S/C17H23N3O2S/c1-3-4-15-14(7-10-22-15)16(21)20-8-5-13(6-9-20)19-17-18-12(2)11-23-17/h7,10-11,13H,3-6,8-9H2,1-2H3,(H,18,19). The minimum Gasteiger partial charge on any atom is -0.469 e. The van der Waals surface area contributed by atoms with Crippen LogP contribution in [0.3, 0.4) is 0 Å². The molecular formula is C17H23N3O2S. The molecule has 3 rings (SSSR count). The lowest BCUT2D eigenvalue weighted by Gasteiger charge is -2.32. The van der Waals surface area contributed by atoms with E-state index in [1.165, 1.54) is 0 Å². The predicted molar refractivity (Wildman–Crippen MR) is 92.1 cm³/mol. The minimum absolute atomic E-state index is 0.103. The number of amides is 1. The van der Waals surface area contributed by atoms with Gasteiger partial charge in [0.2, 0.25) is 0 Å². The molecule has 0 atom stereocenters. The van der Waals surface area contributed by atoms with Crippen LogP contribution >= 0.6 is 11.3 Å². The summed E-state index contributed by atoms with van der Waals surface area (Å²) in [5.74, 6) is 0.918. The zero-order valence-corrected chi connectivity index (χ0v) is 14.5. The molecule has 0 saturated carbocycles. The summed E-state index contributed by atoms with van der Waals surface area (Å²) >= 11 is 1.64. The molecule has 1 N–H and O–H groups in total. The molecule has 0 aromatic carbocycles. The topological polar surface area (TPSA) is 58.4 Å². The van der Waals surface area contributed by atoms with Gasteiger partial charge < -0.3 is 14.6 Å². The Bertz CT molecular complexity index is 656. The summed E-state index contributed by atoms with van der Waals surface area (Å²) in [6, 6.07) is 2.19. The minimum atomic E-state index is 0.103. The fourth-order valence-corrected chi connectivity index (χ4v) is 3.71. The zero-order chi connectivity index (χ0) is 16.2. The summed E-state index contributed by atoms with van der Waals surface area (Å²) in [7, 11) is 0. The molecule has 1 fully saturated rings. The van der Waals surface area contributed by atoms with Crippen LogP contribution in [0.1, 0.15) is 48.0 Å². The second-order valence-corrected chi connectivity index (χ2v) is 6.87. The number of hydrogen-bond acceptors (Lipinski definition) is 5. The first-order valence-corrected chi connectivity index (χ1v) is 9.09. The third-order valence-corrected chi connectivity index (χ3v) is 5.07. The van der Waals surface area contributed by atoms with Crippen molar-refractivity contribution < 1.29 is 9.21 Å². The molecule has 2 aromatic heterocycles. The molecule has 1 saturated heterocycles. The fraction of sp³-hybridized carbons (Fsp3) is 0.529. The first-order valence-electron chi connectivity index (χ1n) is 8.21. The molecule has 3 heterocycles. The number of thiazole rings is 1. The summed E-state index contributed by atoms with van der Waals surface area (Å²) in [4.78, 5) is 19.0. The highest BCUT2D eigenvalue weighted by molar-refractivity contribution is 7.13. The van der Waals surface area contributed by atoms with Crippen molar-refractivity contribution >= 4 is 22.4 Å². The first kappa shape index (κ1) is 16.1. The van der Waals surface area contributed by atoms with Crippen molar-refractivity contribution in [2.24, 2.45) is 0 Å². The molecular weight excluding hydrogens is 310 g/mol. The highest BCUT2D eigenvalue weighted by Crippen LogP contribution is 2.22. The Balaban J connectivity index is 1.56. The largest absolute Gasteiger partial charge is 0.469 e. The fourth-order valence-electron chi connectivity index (χ4n) is 2.94. The number of hydrogen-bond donors (Lipinski definition) is 1. The number of carbonyl (C=O) groups excluding carboxylic acids is 1. The number of aromatic nitrogens is 1. The lowest BCUT2D eigenvalue weighted by molar-refractivity contribution is 0.0716. The maximum atomic E-state index is 12.7. The number of piperidine rings is 1. The third kappa shape index (κ3) is 3.75. The Hall–Kier alpha value is -1.82. The predicted octanol–water partition coefficient (Wildman–Crippen LogP) is 3.71. The summed E-state index contributed by atoms with van der Waals surface area (Å²) in [5, 5.41) is 6.51. The van der Waals surface area contributed by atoms with Crippen molar-refractivity contribution in [2.75, 3.05) is 18.4 Å². The second kappa shape index (κ2) is 7.17. The summed E-state index contributed by atoms with van der Waals surface area (Å²) in [6.45, 7) is 5.64. The summed E-state index contributed by atoms with van der Waals surface area (Å²) in [5.41, 5.74) is 1.78. The number of likely N-dealkylation sites (tertiary alicyclic amines) is 1. The molecule has 0 aliphatic carbocycles. The quantitative estimate of drug-likeness (QED) is 0.906. The molecule has 1 aliphatic rings. The molecule has 0 bridgehead atoms. The van der Waals surface area contributed by atoms with Crippen LogP contribution in [-0.4, -0.2) is 34.9 Å². The van der Waals surface area contributed by atoms with E-state index in [1.807, 2.05) is 11.8 Å². The van der Waals surface area contributed by atoms with Crippen molar-refractivity contribution in [3.05, 3.63) is 34.7 Å². The van der Waals surface area contributed by atoms with Gasteiger partial charge in [0.15, 0.2) is 5.13 Å². The van der Waals surface area contributed by atoms with Crippen LogP contribution in [0.4, 0.5) is 5.13 Å². The van der Waals surface area contributed by atoms with Gasteiger partial charge in [0.05, 0.1) is 17.5 Å². The average molecular weight is 333 g/mol. The average Bonchev–Trinajstić information content (AvgIpc) is 3.17. The second-order valence-electron chi connectivity index (χ2n) is 6.01. The van der Waals surface area contributed by atoms with Crippen LogP contribution in [0, 0.1) is 6.92 Å². The van der Waals surface area contributed by atoms with Crippen molar-refractivity contribution in [3.8, 4) is 0 Å². The number of aryl methyl sites for hydroxylation is 2. The number of anilines is 1. The van der Waals surface area contributed by atoms with Gasteiger partial charge in [-0.05, 0) is 32.3 Å². The van der Waals surface area contributed by atoms with Gasteiger partial charge in [0.25, 0.3) is 5.91 Å². The molecule has 6 heteroatoms. The third-order valence-electron chi connectivity index (χ3n) is 4.18. The van der Waals surface area contributed by atoms with Crippen LogP contribution < -0.4 is 5.32 Å². The van der Waals surface area contributed by atoms with Crippen LogP contribution in [0.15, 0.2) is 22.1 Å². The van der Waals surface area contributed by atoms with Crippen molar-refractivity contribution in [2.45, 2.75) is 45.6 Å². The van der Waals surface area contributed by atoms with E-state index in [0.717, 1.165) is 60.9 Å². The summed E-state index contributed by atoms with van der Waals surface area (Å²) in [6.07, 6.45) is 5.32. The monoisotopic (exact) mass is 333 g/mol. The first-order chi connectivity index (χ1) is 11.2. The number of nitrogens with one attached hydrogen (secondary N) is 1. The summed E-state index contributed by atoms with van der Waals surface area (Å²) < 4.78 is 5.45. The van der Waals surface area contributed by atoms with E-state index >= 15 is 0 Å². The van der Waals surface area contributed by atoms with E-state index in [-0.39, 0.29) is 5.91 Å². The number of carbonyl (C=O) groups is 1. The van der Waals surface area contributed by atoms with E-state index in [0.29, 0.717) is 6.04 Å². The van der Waals surface area contributed by atoms with Crippen molar-refractivity contribution in [3.63, 3.8) is 0 Å². The molecule has 1 aliphatic heterocycles. The van der Waals surface area contributed by atoms with E-state index in [2.05, 4.69) is 22.6 Å². The van der Waals surface area contributed by atoms with Gasteiger partial charge in [-0.25, -0.2) is 4.98 Å². The number of nitrogens with zero attached hydrogens (tertiary/aromatic N) is 2. The Kier molecular flexibility index (Phi) is 5.00. The lowest BCUT2D eigenvalue weighted by Crippen LogP contribution is -2.42. The Morgan fingerprint density at radius 2 is 2.26 bits per heavy atom. The molecule has 5 nitrogen and oxygen atoms in total. The molecule has 1 amide bonds. The smallest absolute Gasteiger partial charge is 0.257 e. The van der Waals surface area contributed by atoms with E-state index in [4.69, 9.17) is 4.42 Å². The van der Waals surface area contributed by atoms with Gasteiger partial charge in [0.1, 0.15) is 5.76 Å². The molecule has 0 unspecified atom stereocenters. The van der Waals surface area contributed by atoms with E-state index < -0.39 is 0 Å². The lowest BCUT2D eigenvalue weighted by atomic mass is 10.0. The van der Waals surface area contributed by atoms with Gasteiger partial charge in [-0.15, -0.1) is 11.3 Å². The van der Waals surface area contributed by atoms with Crippen LogP contribution in [0.25, 0.3) is 0 Å². The maximum absolute atomic E-state index is 12.7. The molecule has 2 aromatic rings. The van der Waals surface area contributed by atoms with Crippen LogP contribution in [-0.2, 0) is 6.42 Å². The zero-order valence-electron chi connectivity index (χ0n) is 13.7. The normalized spacial score (nSPS) is 15.8. The highest BCUT2D eigenvalue weighted by Gasteiger charge is 2.26. The van der Waals surface area contributed by atoms with Gasteiger partial charge in [-0.2, -0.15) is 0 Å². The van der Waals surface area contributed by atoms with Gasteiger partial charge in [0, 0.05) is 30.9 Å². The van der Waals surface area contributed by atoms with Crippen molar-refractivity contribution in [1.82, 2.24) is 9.88 Å². The molecule has 23 heavy (non-hydrogen) atoms. The van der Waals surface area contributed by atoms with E-state index in [1.54, 1.807) is 23.7 Å². The van der Waals surface area contributed by atoms with Crippen molar-refractivity contribution in [1.29, 1.82) is 0 Å². The van der Waals surface area contributed by atoms with Crippen LogP contribution in [0.5, 0.6) is 0 Å². The Labute approximate surface area is 140 Å². The Morgan fingerprint density at radius 1 is 1.48 bits per heavy atom. The number of rotatable bonds is 5. The van der Waals surface area contributed by atoms with Gasteiger partial charge in [-0.1, -0.05) is 6.92 Å². The molecule has 0 radical (unpaired) electrons. The molecule has 124 valence electrons. The Morgan fingerprint density at radius 3 is 2.91 bits per heavy atom. The van der Waals surface area contributed by atoms with Crippen LogP contribution in [0.2, 0.25) is 0 Å². The van der Waals surface area contributed by atoms with Gasteiger partial charge in [-0.3, -0.25) is 4.79 Å². The maximum Gasteiger partial charge on any atom is 0.257 e. The SMILES string of the molecule is CCCc1occc1C(=O)N1CCC(Nc2nc(C)cs2)CC1. The molecule has 0 spiro atoms. The number of furan rings is 1. The highest BCUT2D eigenvalue weighted by atomic mass is 32.1.